The molecule has 196 valence electrons. The number of rotatable bonds is 3. The Kier molecular flexibility index (Phi) is 18.0. The first-order chi connectivity index (χ1) is 13.8. The summed E-state index contributed by atoms with van der Waals surface area (Å²) in [6.07, 6.45) is -26.5. The molecule has 0 saturated carbocycles. The van der Waals surface area contributed by atoms with Crippen molar-refractivity contribution in [1.82, 2.24) is 0 Å². The lowest BCUT2D eigenvalue weighted by Crippen LogP contribution is -2.15. The summed E-state index contributed by atoms with van der Waals surface area (Å²) in [4.78, 5) is 0. The van der Waals surface area contributed by atoms with E-state index in [4.69, 9.17) is 0 Å². The molecular formula is C11H7F19O2. The van der Waals surface area contributed by atoms with E-state index in [9.17, 15) is 83.4 Å². The molecule has 0 atom stereocenters. The summed E-state index contributed by atoms with van der Waals surface area (Å²) in [6.45, 7) is -4.17. The molecule has 2 nitrogen and oxygen atoms in total. The molecule has 0 aromatic heterocycles. The number of halogens is 19. The molecule has 0 bridgehead atoms. The molecule has 0 aliphatic rings. The molecule has 0 saturated heterocycles. The molecular weight excluding hydrogens is 525 g/mol. The molecule has 0 aliphatic heterocycles. The van der Waals surface area contributed by atoms with Crippen LogP contribution in [-0.2, 0) is 9.47 Å². The fourth-order valence-corrected chi connectivity index (χ4v) is 0.598. The fourth-order valence-electron chi connectivity index (χ4n) is 0.598. The average Bonchev–Trinajstić information content (AvgIpc) is 2.48. The fraction of sp³-hybridized carbons (Fsp3) is 0.636. The third kappa shape index (κ3) is 29.9. The Hall–Kier alpha value is -2.25. The quantitative estimate of drug-likeness (QED) is 0.272. The first-order valence-corrected chi connectivity index (χ1v) is 6.21. The van der Waals surface area contributed by atoms with E-state index in [1.54, 1.807) is 0 Å². The van der Waals surface area contributed by atoms with E-state index < -0.39 is 62.2 Å². The van der Waals surface area contributed by atoms with Gasteiger partial charge in [0.05, 0.1) is 7.11 Å². The standard InChI is InChI=1S/C4H2F6O.C4H3F5O.C2H2F4.CF4/c5-1-11-2(3(6)7)4(8,9)10;1-10-2(3(5)6)4(7,8)9;3-1-2(4,5)6;2-1(3,4)5/h1H2;1H3;1H2;. The molecule has 0 spiro atoms. The lowest BCUT2D eigenvalue weighted by Gasteiger charge is -2.08. The van der Waals surface area contributed by atoms with Gasteiger partial charge in [0, 0.05) is 0 Å². The maximum absolute atomic E-state index is 11.3. The van der Waals surface area contributed by atoms with Crippen molar-refractivity contribution in [2.24, 2.45) is 0 Å². The van der Waals surface area contributed by atoms with Gasteiger partial charge in [-0.25, -0.2) is 8.78 Å². The Labute approximate surface area is 163 Å². The number of hydrogen-bond acceptors (Lipinski definition) is 2. The molecule has 0 aromatic carbocycles. The highest BCUT2D eigenvalue weighted by Gasteiger charge is 2.40. The normalized spacial score (nSPS) is 11.4. The highest BCUT2D eigenvalue weighted by atomic mass is 19.5. The number of hydrogen-bond donors (Lipinski definition) is 0. The minimum absolute atomic E-state index is 0.530. The number of alkyl halides is 15. The summed E-state index contributed by atoms with van der Waals surface area (Å²) in [5.74, 6) is -4.83. The Balaban J connectivity index is -0.000000172. The van der Waals surface area contributed by atoms with Gasteiger partial charge in [0.1, 0.15) is 0 Å². The van der Waals surface area contributed by atoms with Gasteiger partial charge in [0.2, 0.25) is 6.86 Å². The van der Waals surface area contributed by atoms with E-state index >= 15 is 0 Å². The van der Waals surface area contributed by atoms with Crippen LogP contribution >= 0.6 is 0 Å². The second-order valence-corrected chi connectivity index (χ2v) is 3.81. The average molecular weight is 532 g/mol. The molecule has 0 unspecified atom stereocenters. The molecule has 0 fully saturated rings. The molecule has 0 radical (unpaired) electrons. The molecule has 0 rings (SSSR count). The van der Waals surface area contributed by atoms with E-state index in [1.807, 2.05) is 0 Å². The second kappa shape index (κ2) is 15.5. The Morgan fingerprint density at radius 3 is 0.875 bits per heavy atom. The van der Waals surface area contributed by atoms with Crippen LogP contribution in [0.25, 0.3) is 0 Å². The zero-order valence-corrected chi connectivity index (χ0v) is 14.4. The Morgan fingerprint density at radius 2 is 0.844 bits per heavy atom. The molecule has 0 N–H and O–H groups in total. The topological polar surface area (TPSA) is 18.5 Å². The highest BCUT2D eigenvalue weighted by molar-refractivity contribution is 5.00. The Morgan fingerprint density at radius 1 is 0.594 bits per heavy atom. The summed E-state index contributed by atoms with van der Waals surface area (Å²) in [5, 5.41) is 0. The summed E-state index contributed by atoms with van der Waals surface area (Å²) < 4.78 is 211. The number of methoxy groups -OCH3 is 1. The zero-order valence-electron chi connectivity index (χ0n) is 14.4. The highest BCUT2D eigenvalue weighted by Crippen LogP contribution is 2.30. The van der Waals surface area contributed by atoms with Crippen LogP contribution in [0.4, 0.5) is 83.4 Å². The third-order valence-corrected chi connectivity index (χ3v) is 1.41. The van der Waals surface area contributed by atoms with Crippen LogP contribution in [0.2, 0.25) is 0 Å². The maximum atomic E-state index is 11.3. The second-order valence-electron chi connectivity index (χ2n) is 3.81. The predicted molar refractivity (Wildman–Crippen MR) is 63.9 cm³/mol. The van der Waals surface area contributed by atoms with Crippen LogP contribution in [0.5, 0.6) is 0 Å². The molecule has 32 heavy (non-hydrogen) atoms. The van der Waals surface area contributed by atoms with Gasteiger partial charge in [-0.15, -0.1) is 17.6 Å². The largest absolute Gasteiger partial charge is 0.559 e. The summed E-state index contributed by atoms with van der Waals surface area (Å²) in [6, 6.07) is 0. The number of allylic oxidation sites excluding steroid dienone is 2. The van der Waals surface area contributed by atoms with Crippen molar-refractivity contribution in [3.8, 4) is 0 Å². The molecule has 0 aromatic rings. The lowest BCUT2D eigenvalue weighted by atomic mass is 10.5. The first kappa shape index (κ1) is 37.1. The first-order valence-electron chi connectivity index (χ1n) is 6.21. The van der Waals surface area contributed by atoms with Gasteiger partial charge >= 0.3 is 37.1 Å². The van der Waals surface area contributed by atoms with Crippen LogP contribution in [0, 0.1) is 0 Å². The summed E-state index contributed by atoms with van der Waals surface area (Å²) in [5.41, 5.74) is 0. The molecule has 0 amide bonds. The van der Waals surface area contributed by atoms with Crippen molar-refractivity contribution >= 4 is 0 Å². The zero-order chi connectivity index (χ0) is 27.1. The van der Waals surface area contributed by atoms with Crippen molar-refractivity contribution in [1.29, 1.82) is 0 Å². The van der Waals surface area contributed by atoms with Gasteiger partial charge < -0.3 is 9.47 Å². The number of ether oxygens (including phenoxy) is 2. The SMILES string of the molecule is COC(=C(F)F)C(F)(F)F.FC(F)(F)F.FCC(F)(F)F.FCOC(=C(F)F)C(F)(F)F. The minimum atomic E-state index is -5.50. The van der Waals surface area contributed by atoms with Crippen LogP contribution in [0.1, 0.15) is 0 Å². The van der Waals surface area contributed by atoms with Crippen molar-refractivity contribution in [3.63, 3.8) is 0 Å². The van der Waals surface area contributed by atoms with Gasteiger partial charge in [-0.05, 0) is 0 Å². The minimum Gasteiger partial charge on any atom is -0.489 e. The van der Waals surface area contributed by atoms with E-state index in [0.29, 0.717) is 7.11 Å². The summed E-state index contributed by atoms with van der Waals surface area (Å²) in [7, 11) is 0.530. The van der Waals surface area contributed by atoms with Gasteiger partial charge in [-0.2, -0.15) is 57.1 Å². The molecule has 0 aliphatic carbocycles. The van der Waals surface area contributed by atoms with Gasteiger partial charge in [-0.1, -0.05) is 0 Å². The maximum Gasteiger partial charge on any atom is 0.559 e. The van der Waals surface area contributed by atoms with Gasteiger partial charge in [0.25, 0.3) is 11.5 Å². The molecule has 21 heteroatoms. The van der Waals surface area contributed by atoms with Crippen molar-refractivity contribution in [3.05, 3.63) is 23.7 Å². The third-order valence-electron chi connectivity index (χ3n) is 1.41. The molecule has 0 heterocycles. The van der Waals surface area contributed by atoms with Gasteiger partial charge in [0.15, 0.2) is 6.67 Å². The van der Waals surface area contributed by atoms with Crippen molar-refractivity contribution in [2.75, 3.05) is 20.6 Å². The van der Waals surface area contributed by atoms with Crippen LogP contribution in [0.15, 0.2) is 23.7 Å². The summed E-state index contributed by atoms with van der Waals surface area (Å²) >= 11 is 0. The monoisotopic (exact) mass is 532 g/mol. The van der Waals surface area contributed by atoms with E-state index in [0.717, 1.165) is 0 Å². The van der Waals surface area contributed by atoms with E-state index in [2.05, 4.69) is 9.47 Å². The van der Waals surface area contributed by atoms with Gasteiger partial charge in [-0.3, -0.25) is 0 Å². The van der Waals surface area contributed by atoms with Crippen LogP contribution in [-0.4, -0.2) is 45.6 Å². The smallest absolute Gasteiger partial charge is 0.489 e. The predicted octanol–water partition coefficient (Wildman–Crippen LogP) is 7.90. The van der Waals surface area contributed by atoms with E-state index in [-0.39, 0.29) is 0 Å². The van der Waals surface area contributed by atoms with E-state index in [1.165, 1.54) is 0 Å². The van der Waals surface area contributed by atoms with Crippen LogP contribution < -0.4 is 0 Å². The lowest BCUT2D eigenvalue weighted by molar-refractivity contribution is -0.237. The van der Waals surface area contributed by atoms with Crippen LogP contribution in [0.3, 0.4) is 0 Å². The van der Waals surface area contributed by atoms with Crippen molar-refractivity contribution < 1.29 is 92.9 Å². The Bertz CT molecular complexity index is 536. The van der Waals surface area contributed by atoms with Crippen molar-refractivity contribution in [2.45, 2.75) is 25.0 Å².